The minimum Gasteiger partial charge on any atom is -0.268 e. The highest BCUT2D eigenvalue weighted by molar-refractivity contribution is 6.30. The fraction of sp³-hybridized carbons (Fsp3) is 0.364. The standard InChI is InChI=1S/C11H14BN/c1-2-9-5-6-11(12)13-10(9)7-8-3-4-8/h2,5-6,8H,1,3-4,7,12H2. The minimum atomic E-state index is 0.896. The maximum atomic E-state index is 4.55. The molecule has 13 heavy (non-hydrogen) atoms. The van der Waals surface area contributed by atoms with Crippen LogP contribution in [0.5, 0.6) is 0 Å². The predicted octanol–water partition coefficient (Wildman–Crippen LogP) is 0.935. The van der Waals surface area contributed by atoms with Crippen LogP contribution in [0.1, 0.15) is 24.1 Å². The van der Waals surface area contributed by atoms with Crippen LogP contribution in [0.15, 0.2) is 18.7 Å². The molecule has 2 heteroatoms. The van der Waals surface area contributed by atoms with E-state index in [4.69, 9.17) is 0 Å². The summed E-state index contributed by atoms with van der Waals surface area (Å²) in [5.74, 6) is 0.896. The lowest BCUT2D eigenvalue weighted by Crippen LogP contribution is -2.11. The predicted molar refractivity (Wildman–Crippen MR) is 58.9 cm³/mol. The average molecular weight is 171 g/mol. The van der Waals surface area contributed by atoms with Crippen molar-refractivity contribution in [2.75, 3.05) is 0 Å². The van der Waals surface area contributed by atoms with Crippen LogP contribution in [-0.2, 0) is 6.42 Å². The highest BCUT2D eigenvalue weighted by Gasteiger charge is 2.22. The molecule has 0 aromatic carbocycles. The molecular formula is C11H14BN. The van der Waals surface area contributed by atoms with Gasteiger partial charge in [-0.15, -0.1) is 0 Å². The summed E-state index contributed by atoms with van der Waals surface area (Å²) in [6, 6.07) is 4.17. The summed E-state index contributed by atoms with van der Waals surface area (Å²) in [6.07, 6.45) is 5.81. The SMILES string of the molecule is Bc1ccc(C=C)c(CC2CC2)n1. The molecule has 0 aliphatic heterocycles. The Kier molecular flexibility index (Phi) is 2.21. The van der Waals surface area contributed by atoms with Gasteiger partial charge in [0.1, 0.15) is 0 Å². The van der Waals surface area contributed by atoms with E-state index in [0.717, 1.165) is 17.9 Å². The Bertz CT molecular complexity index is 329. The molecule has 1 heterocycles. The van der Waals surface area contributed by atoms with Crippen LogP contribution >= 0.6 is 0 Å². The Balaban J connectivity index is 2.27. The summed E-state index contributed by atoms with van der Waals surface area (Å²) in [6.45, 7) is 3.81. The third-order valence-electron chi connectivity index (χ3n) is 2.55. The summed E-state index contributed by atoms with van der Waals surface area (Å²) >= 11 is 0. The summed E-state index contributed by atoms with van der Waals surface area (Å²) in [5, 5.41) is 0. The van der Waals surface area contributed by atoms with Crippen LogP contribution in [0.2, 0.25) is 0 Å². The van der Waals surface area contributed by atoms with Crippen molar-refractivity contribution < 1.29 is 0 Å². The van der Waals surface area contributed by atoms with E-state index in [1.807, 2.05) is 20.0 Å². The maximum absolute atomic E-state index is 4.55. The number of aromatic nitrogens is 1. The fourth-order valence-electron chi connectivity index (χ4n) is 1.57. The maximum Gasteiger partial charge on any atom is 0.163 e. The van der Waals surface area contributed by atoms with E-state index in [0.29, 0.717) is 0 Å². The molecule has 0 N–H and O–H groups in total. The van der Waals surface area contributed by atoms with Gasteiger partial charge in [0.25, 0.3) is 0 Å². The van der Waals surface area contributed by atoms with Gasteiger partial charge in [-0.1, -0.05) is 24.8 Å². The molecule has 66 valence electrons. The Morgan fingerprint density at radius 3 is 2.92 bits per heavy atom. The fourth-order valence-corrected chi connectivity index (χ4v) is 1.57. The molecule has 0 radical (unpaired) electrons. The van der Waals surface area contributed by atoms with Crippen molar-refractivity contribution in [2.45, 2.75) is 19.3 Å². The van der Waals surface area contributed by atoms with Gasteiger partial charge in [-0.05, 0) is 36.3 Å². The molecular weight excluding hydrogens is 157 g/mol. The van der Waals surface area contributed by atoms with E-state index in [1.54, 1.807) is 0 Å². The van der Waals surface area contributed by atoms with Crippen molar-refractivity contribution in [3.8, 4) is 0 Å². The van der Waals surface area contributed by atoms with Gasteiger partial charge >= 0.3 is 0 Å². The zero-order valence-corrected chi connectivity index (χ0v) is 8.09. The topological polar surface area (TPSA) is 12.9 Å². The van der Waals surface area contributed by atoms with Crippen LogP contribution in [-0.4, -0.2) is 12.8 Å². The van der Waals surface area contributed by atoms with E-state index < -0.39 is 0 Å². The van der Waals surface area contributed by atoms with Crippen LogP contribution in [0.25, 0.3) is 6.08 Å². The van der Waals surface area contributed by atoms with Gasteiger partial charge in [0.05, 0.1) is 0 Å². The first-order valence-corrected chi connectivity index (χ1v) is 4.88. The third kappa shape index (κ3) is 2.00. The van der Waals surface area contributed by atoms with Gasteiger partial charge in [0.15, 0.2) is 7.85 Å². The molecule has 0 spiro atoms. The quantitative estimate of drug-likeness (QED) is 0.616. The van der Waals surface area contributed by atoms with Crippen molar-refractivity contribution in [3.63, 3.8) is 0 Å². The second-order valence-corrected chi connectivity index (χ2v) is 3.84. The Morgan fingerprint density at radius 2 is 2.31 bits per heavy atom. The molecule has 1 fully saturated rings. The summed E-state index contributed by atoms with van der Waals surface area (Å²) in [5.41, 5.74) is 3.55. The zero-order valence-electron chi connectivity index (χ0n) is 8.09. The molecule has 0 bridgehead atoms. The van der Waals surface area contributed by atoms with Gasteiger partial charge in [0.2, 0.25) is 0 Å². The van der Waals surface area contributed by atoms with E-state index in [1.165, 1.54) is 24.1 Å². The van der Waals surface area contributed by atoms with E-state index in [9.17, 15) is 0 Å². The van der Waals surface area contributed by atoms with Crippen molar-refractivity contribution in [1.82, 2.24) is 4.98 Å². The van der Waals surface area contributed by atoms with Crippen molar-refractivity contribution in [3.05, 3.63) is 30.0 Å². The summed E-state index contributed by atoms with van der Waals surface area (Å²) in [7, 11) is 2.04. The number of rotatable bonds is 3. The first-order chi connectivity index (χ1) is 6.29. The number of pyridine rings is 1. The van der Waals surface area contributed by atoms with Crippen LogP contribution in [0.3, 0.4) is 0 Å². The Morgan fingerprint density at radius 1 is 1.54 bits per heavy atom. The van der Waals surface area contributed by atoms with Crippen LogP contribution in [0, 0.1) is 5.92 Å². The smallest absolute Gasteiger partial charge is 0.163 e. The Labute approximate surface area is 80.3 Å². The molecule has 0 unspecified atom stereocenters. The normalized spacial score (nSPS) is 15.7. The van der Waals surface area contributed by atoms with Crippen molar-refractivity contribution >= 4 is 19.5 Å². The van der Waals surface area contributed by atoms with E-state index in [-0.39, 0.29) is 0 Å². The van der Waals surface area contributed by atoms with Crippen molar-refractivity contribution in [1.29, 1.82) is 0 Å². The molecule has 1 aliphatic rings. The first-order valence-electron chi connectivity index (χ1n) is 4.88. The average Bonchev–Trinajstić information content (AvgIpc) is 2.89. The lowest BCUT2D eigenvalue weighted by atomic mass is 10.00. The lowest BCUT2D eigenvalue weighted by molar-refractivity contribution is 0.805. The zero-order chi connectivity index (χ0) is 9.26. The summed E-state index contributed by atoms with van der Waals surface area (Å²) in [4.78, 5) is 4.55. The number of hydrogen-bond donors (Lipinski definition) is 0. The molecule has 1 nitrogen and oxygen atoms in total. The van der Waals surface area contributed by atoms with Crippen LogP contribution in [0.4, 0.5) is 0 Å². The van der Waals surface area contributed by atoms with Crippen molar-refractivity contribution in [2.24, 2.45) is 5.92 Å². The van der Waals surface area contributed by atoms with Gasteiger partial charge < -0.3 is 0 Å². The molecule has 2 rings (SSSR count). The molecule has 0 atom stereocenters. The Hall–Kier alpha value is -1.05. The second kappa shape index (κ2) is 3.37. The van der Waals surface area contributed by atoms with Gasteiger partial charge in [-0.2, -0.15) is 0 Å². The highest BCUT2D eigenvalue weighted by Crippen LogP contribution is 2.32. The molecule has 0 amide bonds. The molecule has 1 saturated carbocycles. The van der Waals surface area contributed by atoms with E-state index in [2.05, 4.69) is 17.6 Å². The number of hydrogen-bond acceptors (Lipinski definition) is 1. The molecule has 0 saturated heterocycles. The molecule has 1 aliphatic carbocycles. The largest absolute Gasteiger partial charge is 0.268 e. The first kappa shape index (κ1) is 8.55. The van der Waals surface area contributed by atoms with Gasteiger partial charge in [-0.25, -0.2) is 0 Å². The summed E-state index contributed by atoms with van der Waals surface area (Å²) < 4.78 is 0. The lowest BCUT2D eigenvalue weighted by Gasteiger charge is -2.05. The highest BCUT2D eigenvalue weighted by atomic mass is 14.7. The van der Waals surface area contributed by atoms with Crippen LogP contribution < -0.4 is 5.59 Å². The monoisotopic (exact) mass is 171 g/mol. The van der Waals surface area contributed by atoms with Gasteiger partial charge in [0, 0.05) is 5.69 Å². The molecule has 1 aromatic heterocycles. The van der Waals surface area contributed by atoms with E-state index >= 15 is 0 Å². The number of nitrogens with zero attached hydrogens (tertiary/aromatic N) is 1. The third-order valence-corrected chi connectivity index (χ3v) is 2.55. The second-order valence-electron chi connectivity index (χ2n) is 3.84. The minimum absolute atomic E-state index is 0.896. The molecule has 1 aromatic rings. The van der Waals surface area contributed by atoms with Gasteiger partial charge in [-0.3, -0.25) is 4.98 Å².